The van der Waals surface area contributed by atoms with Crippen molar-refractivity contribution in [3.05, 3.63) is 29.2 Å². The van der Waals surface area contributed by atoms with Gasteiger partial charge < -0.3 is 4.74 Å². The number of hydrogen-bond acceptors (Lipinski definition) is 4. The summed E-state index contributed by atoms with van der Waals surface area (Å²) in [5.74, 6) is 0.628. The molecular weight excluding hydrogens is 196 g/mol. The van der Waals surface area contributed by atoms with Crippen molar-refractivity contribution in [3.63, 3.8) is 0 Å². The van der Waals surface area contributed by atoms with Gasteiger partial charge in [-0.05, 0) is 18.4 Å². The molecule has 3 nitrogen and oxygen atoms in total. The summed E-state index contributed by atoms with van der Waals surface area (Å²) in [4.78, 5) is 8.19. The third-order valence-corrected chi connectivity index (χ3v) is 2.43. The molecule has 0 spiro atoms. The highest BCUT2D eigenvalue weighted by Gasteiger charge is 2.01. The van der Waals surface area contributed by atoms with Crippen LogP contribution in [0.2, 0.25) is 0 Å². The Bertz CT molecular complexity index is 400. The first-order chi connectivity index (χ1) is 6.90. The molecule has 2 rings (SSSR count). The lowest BCUT2D eigenvalue weighted by Crippen LogP contribution is -1.95. The fourth-order valence-electron chi connectivity index (χ4n) is 1.13. The van der Waals surface area contributed by atoms with E-state index in [2.05, 4.69) is 15.3 Å². The molecule has 0 aliphatic carbocycles. The molecule has 0 atom stereocenters. The van der Waals surface area contributed by atoms with E-state index in [0.717, 1.165) is 11.3 Å². The van der Waals surface area contributed by atoms with Crippen LogP contribution in [0.15, 0.2) is 29.2 Å². The fourth-order valence-corrected chi connectivity index (χ4v) is 1.78. The Morgan fingerprint density at radius 3 is 3.07 bits per heavy atom. The van der Waals surface area contributed by atoms with Crippen LogP contribution in [0.25, 0.3) is 11.3 Å². The maximum absolute atomic E-state index is 5.30. The van der Waals surface area contributed by atoms with Crippen LogP contribution in [0.4, 0.5) is 0 Å². The minimum Gasteiger partial charge on any atom is -0.478 e. The second kappa shape index (κ2) is 4.19. The topological polar surface area (TPSA) is 35.0 Å². The summed E-state index contributed by atoms with van der Waals surface area (Å²) in [6.07, 6.45) is 1.53. The summed E-state index contributed by atoms with van der Waals surface area (Å²) in [7, 11) is 0. The summed E-state index contributed by atoms with van der Waals surface area (Å²) < 4.78 is 5.30. The number of rotatable bonds is 3. The first-order valence-electron chi connectivity index (χ1n) is 4.37. The molecule has 0 saturated carbocycles. The Labute approximate surface area is 86.4 Å². The summed E-state index contributed by atoms with van der Waals surface area (Å²) >= 11 is 1.65. The first-order valence-corrected chi connectivity index (χ1v) is 5.32. The number of ether oxygens (including phenoxy) is 1. The zero-order valence-electron chi connectivity index (χ0n) is 7.80. The molecule has 72 valence electrons. The quantitative estimate of drug-likeness (QED) is 0.774. The summed E-state index contributed by atoms with van der Waals surface area (Å²) in [6.45, 7) is 2.56. The van der Waals surface area contributed by atoms with Crippen molar-refractivity contribution in [1.82, 2.24) is 9.97 Å². The van der Waals surface area contributed by atoms with Crippen molar-refractivity contribution in [3.8, 4) is 17.1 Å². The highest BCUT2D eigenvalue weighted by Crippen LogP contribution is 2.21. The van der Waals surface area contributed by atoms with Gasteiger partial charge in [0.1, 0.15) is 6.33 Å². The van der Waals surface area contributed by atoms with Crippen LogP contribution in [0.3, 0.4) is 0 Å². The number of nitrogens with zero attached hydrogens (tertiary/aromatic N) is 2. The van der Waals surface area contributed by atoms with E-state index in [1.165, 1.54) is 6.33 Å². The van der Waals surface area contributed by atoms with Crippen molar-refractivity contribution in [2.75, 3.05) is 6.61 Å². The lowest BCUT2D eigenvalue weighted by atomic mass is 10.2. The second-order valence-electron chi connectivity index (χ2n) is 2.69. The van der Waals surface area contributed by atoms with Gasteiger partial charge in [-0.1, -0.05) is 0 Å². The molecule has 0 aromatic carbocycles. The maximum atomic E-state index is 5.30. The van der Waals surface area contributed by atoms with E-state index in [1.54, 1.807) is 11.3 Å². The van der Waals surface area contributed by atoms with Crippen LogP contribution in [0, 0.1) is 0 Å². The van der Waals surface area contributed by atoms with E-state index >= 15 is 0 Å². The molecule has 0 radical (unpaired) electrons. The SMILES string of the molecule is CCOc1cc(-c2ccsc2)ncn1. The van der Waals surface area contributed by atoms with Crippen LogP contribution in [0.1, 0.15) is 6.92 Å². The standard InChI is InChI=1S/C10H10N2OS/c1-2-13-10-5-9(11-7-12-10)8-3-4-14-6-8/h3-7H,2H2,1H3. The minimum atomic E-state index is 0.625. The van der Waals surface area contributed by atoms with E-state index in [1.807, 2.05) is 24.4 Å². The van der Waals surface area contributed by atoms with Gasteiger partial charge in [-0.2, -0.15) is 11.3 Å². The molecule has 0 unspecified atom stereocenters. The lowest BCUT2D eigenvalue weighted by Gasteiger charge is -2.02. The predicted molar refractivity (Wildman–Crippen MR) is 56.5 cm³/mol. The minimum absolute atomic E-state index is 0.625. The van der Waals surface area contributed by atoms with Gasteiger partial charge in [0.15, 0.2) is 0 Å². The Hall–Kier alpha value is -1.42. The van der Waals surface area contributed by atoms with Crippen molar-refractivity contribution in [2.24, 2.45) is 0 Å². The fraction of sp³-hybridized carbons (Fsp3) is 0.200. The molecule has 0 bridgehead atoms. The van der Waals surface area contributed by atoms with Gasteiger partial charge in [-0.25, -0.2) is 9.97 Å². The molecular formula is C10H10N2OS. The number of aromatic nitrogens is 2. The average Bonchev–Trinajstić information content (AvgIpc) is 2.71. The molecule has 2 aromatic heterocycles. The highest BCUT2D eigenvalue weighted by molar-refractivity contribution is 7.08. The summed E-state index contributed by atoms with van der Waals surface area (Å²) in [5.41, 5.74) is 2.02. The van der Waals surface area contributed by atoms with Crippen LogP contribution in [-0.2, 0) is 0 Å². The molecule has 0 amide bonds. The van der Waals surface area contributed by atoms with Gasteiger partial charge in [0.2, 0.25) is 5.88 Å². The Balaban J connectivity index is 2.31. The maximum Gasteiger partial charge on any atom is 0.216 e. The number of thiophene rings is 1. The monoisotopic (exact) mass is 206 g/mol. The van der Waals surface area contributed by atoms with Crippen molar-refractivity contribution >= 4 is 11.3 Å². The van der Waals surface area contributed by atoms with Gasteiger partial charge in [0, 0.05) is 17.0 Å². The zero-order valence-corrected chi connectivity index (χ0v) is 8.62. The van der Waals surface area contributed by atoms with E-state index in [0.29, 0.717) is 12.5 Å². The average molecular weight is 206 g/mol. The van der Waals surface area contributed by atoms with Gasteiger partial charge in [-0.15, -0.1) is 0 Å². The highest BCUT2D eigenvalue weighted by atomic mass is 32.1. The smallest absolute Gasteiger partial charge is 0.216 e. The van der Waals surface area contributed by atoms with E-state index in [4.69, 9.17) is 4.74 Å². The van der Waals surface area contributed by atoms with Crippen LogP contribution >= 0.6 is 11.3 Å². The molecule has 0 N–H and O–H groups in total. The van der Waals surface area contributed by atoms with Crippen molar-refractivity contribution in [1.29, 1.82) is 0 Å². The van der Waals surface area contributed by atoms with E-state index in [9.17, 15) is 0 Å². The Morgan fingerprint density at radius 2 is 2.36 bits per heavy atom. The van der Waals surface area contributed by atoms with E-state index in [-0.39, 0.29) is 0 Å². The summed E-state index contributed by atoms with van der Waals surface area (Å²) in [5, 5.41) is 4.08. The zero-order chi connectivity index (χ0) is 9.80. The van der Waals surface area contributed by atoms with Crippen LogP contribution in [-0.4, -0.2) is 16.6 Å². The molecule has 0 aliphatic rings. The third kappa shape index (κ3) is 1.90. The van der Waals surface area contributed by atoms with Crippen molar-refractivity contribution < 1.29 is 4.74 Å². The molecule has 2 aromatic rings. The molecule has 0 saturated heterocycles. The molecule has 0 fully saturated rings. The second-order valence-corrected chi connectivity index (χ2v) is 3.47. The number of hydrogen-bond donors (Lipinski definition) is 0. The van der Waals surface area contributed by atoms with Crippen LogP contribution in [0.5, 0.6) is 5.88 Å². The summed E-state index contributed by atoms with van der Waals surface area (Å²) in [6, 6.07) is 3.88. The lowest BCUT2D eigenvalue weighted by molar-refractivity contribution is 0.326. The Kier molecular flexibility index (Phi) is 2.74. The molecule has 14 heavy (non-hydrogen) atoms. The molecule has 2 heterocycles. The molecule has 0 aliphatic heterocycles. The van der Waals surface area contributed by atoms with Crippen LogP contribution < -0.4 is 4.74 Å². The van der Waals surface area contributed by atoms with Gasteiger partial charge in [0.25, 0.3) is 0 Å². The normalized spacial score (nSPS) is 10.1. The first kappa shape index (κ1) is 9.15. The van der Waals surface area contributed by atoms with Crippen molar-refractivity contribution in [2.45, 2.75) is 6.92 Å². The van der Waals surface area contributed by atoms with Gasteiger partial charge in [-0.3, -0.25) is 0 Å². The van der Waals surface area contributed by atoms with Gasteiger partial charge in [0.05, 0.1) is 12.3 Å². The third-order valence-electron chi connectivity index (χ3n) is 1.75. The van der Waals surface area contributed by atoms with E-state index < -0.39 is 0 Å². The largest absolute Gasteiger partial charge is 0.478 e. The Morgan fingerprint density at radius 1 is 1.43 bits per heavy atom. The molecule has 4 heteroatoms. The van der Waals surface area contributed by atoms with Gasteiger partial charge >= 0.3 is 0 Å². The predicted octanol–water partition coefficient (Wildman–Crippen LogP) is 2.60.